The maximum atomic E-state index is 11.1. The van der Waals surface area contributed by atoms with Crippen LogP contribution in [0.3, 0.4) is 0 Å². The van der Waals surface area contributed by atoms with Crippen LogP contribution in [0.1, 0.15) is 12.8 Å². The number of nitrogens with two attached hydrogens (primary N) is 2. The molecule has 1 aliphatic rings. The monoisotopic (exact) mass is 231 g/mol. The minimum absolute atomic E-state index is 0.301. The average Bonchev–Trinajstić information content (AvgIpc) is 2.17. The summed E-state index contributed by atoms with van der Waals surface area (Å²) in [5.41, 5.74) is 10.7. The van der Waals surface area contributed by atoms with Crippen LogP contribution in [0.5, 0.6) is 0 Å². The van der Waals surface area contributed by atoms with E-state index in [4.69, 9.17) is 28.4 Å². The third-order valence-electron chi connectivity index (χ3n) is 2.44. The minimum Gasteiger partial charge on any atom is -0.393 e. The van der Waals surface area contributed by atoms with Gasteiger partial charge < -0.3 is 16.2 Å². The molecule has 1 rings (SSSR count). The minimum atomic E-state index is -0.329. The predicted molar refractivity (Wildman–Crippen MR) is 61.4 cm³/mol. The first-order chi connectivity index (χ1) is 7.11. The molecule has 86 valence electrons. The lowest BCUT2D eigenvalue weighted by molar-refractivity contribution is -0.129. The Morgan fingerprint density at radius 1 is 1.53 bits per heavy atom. The third kappa shape index (κ3) is 4.11. The Morgan fingerprint density at radius 3 is 2.87 bits per heavy atom. The molecule has 0 saturated carbocycles. The summed E-state index contributed by atoms with van der Waals surface area (Å²) in [6.07, 6.45) is 1.57. The Labute approximate surface area is 94.7 Å². The van der Waals surface area contributed by atoms with E-state index < -0.39 is 0 Å². The van der Waals surface area contributed by atoms with Gasteiger partial charge in [0.15, 0.2) is 0 Å². The van der Waals surface area contributed by atoms with Crippen molar-refractivity contribution in [3.8, 4) is 0 Å². The molecule has 1 saturated heterocycles. The number of ether oxygens (including phenoxy) is 1. The highest BCUT2D eigenvalue weighted by Gasteiger charge is 2.26. The lowest BCUT2D eigenvalue weighted by Crippen LogP contribution is -2.52. The summed E-state index contributed by atoms with van der Waals surface area (Å²) in [5.74, 6) is -0.329. The molecule has 1 aliphatic heterocycles. The van der Waals surface area contributed by atoms with Gasteiger partial charge in [0.05, 0.1) is 18.2 Å². The van der Waals surface area contributed by atoms with Gasteiger partial charge in [0.25, 0.3) is 0 Å². The number of carbonyl (C=O) groups excluding carboxylic acids is 1. The van der Waals surface area contributed by atoms with Gasteiger partial charge in [-0.2, -0.15) is 0 Å². The van der Waals surface area contributed by atoms with Gasteiger partial charge in [0, 0.05) is 6.54 Å². The molecule has 0 bridgehead atoms. The fourth-order valence-corrected chi connectivity index (χ4v) is 1.77. The number of carbonyl (C=O) groups is 1. The van der Waals surface area contributed by atoms with Crippen LogP contribution in [-0.4, -0.2) is 48.1 Å². The molecule has 0 radical (unpaired) electrons. The van der Waals surface area contributed by atoms with Crippen LogP contribution in [0.2, 0.25) is 0 Å². The van der Waals surface area contributed by atoms with Crippen molar-refractivity contribution < 1.29 is 9.53 Å². The first-order valence-corrected chi connectivity index (χ1v) is 5.41. The van der Waals surface area contributed by atoms with Crippen LogP contribution in [0.4, 0.5) is 0 Å². The fraction of sp³-hybridized carbons (Fsp3) is 0.778. The van der Waals surface area contributed by atoms with Gasteiger partial charge in [0.2, 0.25) is 5.91 Å². The van der Waals surface area contributed by atoms with Crippen molar-refractivity contribution in [1.29, 1.82) is 0 Å². The van der Waals surface area contributed by atoms with Gasteiger partial charge in [-0.05, 0) is 19.4 Å². The number of primary amides is 1. The molecule has 15 heavy (non-hydrogen) atoms. The maximum Gasteiger partial charge on any atom is 0.237 e. The molecule has 5 nitrogen and oxygen atoms in total. The molecule has 0 aliphatic carbocycles. The molecule has 1 heterocycles. The van der Waals surface area contributed by atoms with Crippen molar-refractivity contribution in [2.24, 2.45) is 11.5 Å². The summed E-state index contributed by atoms with van der Waals surface area (Å²) < 4.78 is 5.21. The lowest BCUT2D eigenvalue weighted by atomic mass is 10.2. The Morgan fingerprint density at radius 2 is 2.27 bits per heavy atom. The van der Waals surface area contributed by atoms with Crippen molar-refractivity contribution in [2.45, 2.75) is 18.9 Å². The van der Waals surface area contributed by atoms with E-state index in [1.165, 1.54) is 0 Å². The van der Waals surface area contributed by atoms with Crippen LogP contribution in [-0.2, 0) is 9.53 Å². The Kier molecular flexibility index (Phi) is 4.93. The molecule has 6 heteroatoms. The van der Waals surface area contributed by atoms with E-state index in [1.54, 1.807) is 0 Å². The number of nitrogens with zero attached hydrogens (tertiary/aromatic N) is 1. The number of hydrogen-bond donors (Lipinski definition) is 2. The standard InChI is InChI=1S/C9H17N3O2S/c10-8(15)2-1-3-12-4-5-14-6-7(12)9(11)13/h7H,1-6H2,(H2,10,15)(H2,11,13). The summed E-state index contributed by atoms with van der Waals surface area (Å²) >= 11 is 4.79. The Balaban J connectivity index is 2.36. The molecule has 1 atom stereocenters. The van der Waals surface area contributed by atoms with Crippen molar-refractivity contribution in [2.75, 3.05) is 26.3 Å². The van der Waals surface area contributed by atoms with E-state index in [1.807, 2.05) is 4.90 Å². The molecular formula is C9H17N3O2S. The van der Waals surface area contributed by atoms with Crippen LogP contribution < -0.4 is 11.5 Å². The topological polar surface area (TPSA) is 81.6 Å². The number of amides is 1. The van der Waals surface area contributed by atoms with Gasteiger partial charge in [0.1, 0.15) is 6.04 Å². The van der Waals surface area contributed by atoms with Crippen LogP contribution in [0.15, 0.2) is 0 Å². The second-order valence-electron chi connectivity index (χ2n) is 3.60. The van der Waals surface area contributed by atoms with E-state index in [2.05, 4.69) is 0 Å². The van der Waals surface area contributed by atoms with Crippen molar-refractivity contribution in [3.63, 3.8) is 0 Å². The zero-order valence-corrected chi connectivity index (χ0v) is 9.46. The number of morpholine rings is 1. The molecule has 1 amide bonds. The van der Waals surface area contributed by atoms with E-state index in [0.717, 1.165) is 19.5 Å². The second kappa shape index (κ2) is 5.99. The highest BCUT2D eigenvalue weighted by atomic mass is 32.1. The Hall–Kier alpha value is -0.720. The molecule has 1 fully saturated rings. The highest BCUT2D eigenvalue weighted by Crippen LogP contribution is 2.07. The molecule has 0 aromatic heterocycles. The van der Waals surface area contributed by atoms with Crippen molar-refractivity contribution >= 4 is 23.1 Å². The van der Waals surface area contributed by atoms with Gasteiger partial charge >= 0.3 is 0 Å². The van der Waals surface area contributed by atoms with Crippen LogP contribution in [0.25, 0.3) is 0 Å². The first kappa shape index (κ1) is 12.4. The molecular weight excluding hydrogens is 214 g/mol. The van der Waals surface area contributed by atoms with Crippen LogP contribution >= 0.6 is 12.2 Å². The summed E-state index contributed by atoms with van der Waals surface area (Å²) in [5, 5.41) is 0. The van der Waals surface area contributed by atoms with E-state index in [-0.39, 0.29) is 11.9 Å². The molecule has 0 aromatic rings. The van der Waals surface area contributed by atoms with Gasteiger partial charge in [-0.25, -0.2) is 0 Å². The molecule has 1 unspecified atom stereocenters. The fourth-order valence-electron chi connectivity index (χ4n) is 1.62. The van der Waals surface area contributed by atoms with E-state index in [0.29, 0.717) is 24.6 Å². The van der Waals surface area contributed by atoms with Gasteiger partial charge in [-0.15, -0.1) is 0 Å². The summed E-state index contributed by atoms with van der Waals surface area (Å²) in [6.45, 7) is 2.57. The van der Waals surface area contributed by atoms with Gasteiger partial charge in [-0.1, -0.05) is 12.2 Å². The largest absolute Gasteiger partial charge is 0.393 e. The molecule has 4 N–H and O–H groups in total. The number of thiocarbonyl (C=S) groups is 1. The van der Waals surface area contributed by atoms with Crippen molar-refractivity contribution in [3.05, 3.63) is 0 Å². The van der Waals surface area contributed by atoms with Crippen LogP contribution in [0, 0.1) is 0 Å². The number of hydrogen-bond acceptors (Lipinski definition) is 4. The summed E-state index contributed by atoms with van der Waals surface area (Å²) in [6, 6.07) is -0.301. The SMILES string of the molecule is NC(=O)C1COCCN1CCCC(N)=S. The highest BCUT2D eigenvalue weighted by molar-refractivity contribution is 7.80. The predicted octanol–water partition coefficient (Wildman–Crippen LogP) is -0.761. The molecule has 0 aromatic carbocycles. The smallest absolute Gasteiger partial charge is 0.237 e. The van der Waals surface area contributed by atoms with E-state index >= 15 is 0 Å². The third-order valence-corrected chi connectivity index (χ3v) is 2.64. The number of rotatable bonds is 5. The quantitative estimate of drug-likeness (QED) is 0.608. The zero-order chi connectivity index (χ0) is 11.3. The first-order valence-electron chi connectivity index (χ1n) is 5.00. The normalized spacial score (nSPS) is 22.5. The average molecular weight is 231 g/mol. The summed E-state index contributed by atoms with van der Waals surface area (Å²) in [7, 11) is 0. The Bertz CT molecular complexity index is 248. The van der Waals surface area contributed by atoms with Gasteiger partial charge in [-0.3, -0.25) is 9.69 Å². The van der Waals surface area contributed by atoms with E-state index in [9.17, 15) is 4.79 Å². The zero-order valence-electron chi connectivity index (χ0n) is 8.65. The second-order valence-corrected chi connectivity index (χ2v) is 4.12. The summed E-state index contributed by atoms with van der Waals surface area (Å²) in [4.78, 5) is 13.7. The molecule has 0 spiro atoms. The van der Waals surface area contributed by atoms with Crippen molar-refractivity contribution in [1.82, 2.24) is 4.90 Å². The lowest BCUT2D eigenvalue weighted by Gasteiger charge is -2.33. The maximum absolute atomic E-state index is 11.1.